The number of amides is 1. The predicted octanol–water partition coefficient (Wildman–Crippen LogP) is 3.86. The summed E-state index contributed by atoms with van der Waals surface area (Å²) in [5, 5.41) is 1.12. The number of halogens is 2. The van der Waals surface area contributed by atoms with E-state index in [0.717, 1.165) is 5.56 Å². The van der Waals surface area contributed by atoms with Gasteiger partial charge < -0.3 is 9.32 Å². The Balaban J connectivity index is 2.11. The van der Waals surface area contributed by atoms with Crippen molar-refractivity contribution in [1.29, 1.82) is 0 Å². The second kappa shape index (κ2) is 5.46. The van der Waals surface area contributed by atoms with Crippen LogP contribution in [0.5, 0.6) is 0 Å². The van der Waals surface area contributed by atoms with Gasteiger partial charge in [0.05, 0.1) is 6.26 Å². The van der Waals surface area contributed by atoms with Crippen molar-refractivity contribution in [2.45, 2.75) is 6.54 Å². The maximum Gasteiger partial charge on any atom is 0.289 e. The van der Waals surface area contributed by atoms with E-state index >= 15 is 0 Å². The topological polar surface area (TPSA) is 33.5 Å². The highest BCUT2D eigenvalue weighted by Crippen LogP contribution is 2.22. The van der Waals surface area contributed by atoms with E-state index in [-0.39, 0.29) is 5.91 Å². The van der Waals surface area contributed by atoms with E-state index in [1.807, 2.05) is 0 Å². The van der Waals surface area contributed by atoms with E-state index in [4.69, 9.17) is 27.6 Å². The molecule has 0 bridgehead atoms. The van der Waals surface area contributed by atoms with Crippen molar-refractivity contribution in [2.75, 3.05) is 7.05 Å². The molecule has 1 aromatic carbocycles. The Bertz CT molecular complexity index is 552. The Morgan fingerprint density at radius 2 is 2.11 bits per heavy atom. The summed E-state index contributed by atoms with van der Waals surface area (Å²) in [4.78, 5) is 13.5. The molecule has 0 spiro atoms. The van der Waals surface area contributed by atoms with Crippen molar-refractivity contribution < 1.29 is 9.21 Å². The van der Waals surface area contributed by atoms with Gasteiger partial charge in [0.1, 0.15) is 0 Å². The van der Waals surface area contributed by atoms with Crippen LogP contribution in [0.3, 0.4) is 0 Å². The molecule has 0 saturated carbocycles. The summed E-state index contributed by atoms with van der Waals surface area (Å²) in [5.74, 6) is 0.119. The quantitative estimate of drug-likeness (QED) is 0.857. The van der Waals surface area contributed by atoms with Gasteiger partial charge in [0.15, 0.2) is 5.76 Å². The van der Waals surface area contributed by atoms with E-state index < -0.39 is 0 Å². The predicted molar refractivity (Wildman–Crippen MR) is 71.0 cm³/mol. The molecule has 0 aliphatic carbocycles. The number of nitrogens with zero attached hydrogens (tertiary/aromatic N) is 1. The molecule has 0 aliphatic heterocycles. The van der Waals surface area contributed by atoms with Crippen LogP contribution in [0.2, 0.25) is 10.0 Å². The van der Waals surface area contributed by atoms with Gasteiger partial charge in [-0.2, -0.15) is 0 Å². The number of carbonyl (C=O) groups excluding carboxylic acids is 1. The molecule has 1 amide bonds. The number of hydrogen-bond acceptors (Lipinski definition) is 2. The van der Waals surface area contributed by atoms with Crippen LogP contribution in [0, 0.1) is 0 Å². The average molecular weight is 284 g/mol. The lowest BCUT2D eigenvalue weighted by atomic mass is 10.2. The van der Waals surface area contributed by atoms with Crippen LogP contribution in [-0.4, -0.2) is 17.9 Å². The largest absolute Gasteiger partial charge is 0.459 e. The van der Waals surface area contributed by atoms with Crippen LogP contribution < -0.4 is 0 Å². The minimum absolute atomic E-state index is 0.189. The van der Waals surface area contributed by atoms with Crippen LogP contribution in [0.4, 0.5) is 0 Å². The highest BCUT2D eigenvalue weighted by molar-refractivity contribution is 6.35. The molecule has 1 heterocycles. The van der Waals surface area contributed by atoms with E-state index in [0.29, 0.717) is 22.4 Å². The summed E-state index contributed by atoms with van der Waals surface area (Å²) in [6, 6.07) is 8.51. The van der Waals surface area contributed by atoms with Crippen molar-refractivity contribution >= 4 is 29.1 Å². The normalized spacial score (nSPS) is 10.4. The van der Waals surface area contributed by atoms with Gasteiger partial charge in [-0.05, 0) is 29.8 Å². The van der Waals surface area contributed by atoms with Crippen molar-refractivity contribution in [3.05, 3.63) is 58.0 Å². The first-order valence-corrected chi connectivity index (χ1v) is 6.06. The molecule has 94 valence electrons. The van der Waals surface area contributed by atoms with E-state index in [1.54, 1.807) is 37.4 Å². The molecule has 1 aromatic heterocycles. The molecule has 2 aromatic rings. The molecule has 18 heavy (non-hydrogen) atoms. The number of rotatable bonds is 3. The van der Waals surface area contributed by atoms with Gasteiger partial charge in [-0.3, -0.25) is 4.79 Å². The van der Waals surface area contributed by atoms with Crippen LogP contribution in [0.25, 0.3) is 0 Å². The summed E-state index contributed by atoms with van der Waals surface area (Å²) in [5.41, 5.74) is 0.837. The SMILES string of the molecule is CN(Cc1ccc(Cl)cc1Cl)C(=O)c1ccco1. The molecule has 0 aliphatic rings. The lowest BCUT2D eigenvalue weighted by Gasteiger charge is -2.16. The second-order valence-electron chi connectivity index (χ2n) is 3.87. The van der Waals surface area contributed by atoms with Gasteiger partial charge >= 0.3 is 0 Å². The van der Waals surface area contributed by atoms with Gasteiger partial charge in [-0.15, -0.1) is 0 Å². The first-order valence-electron chi connectivity index (χ1n) is 5.31. The number of hydrogen-bond donors (Lipinski definition) is 0. The molecule has 0 radical (unpaired) electrons. The summed E-state index contributed by atoms with van der Waals surface area (Å²) in [6.07, 6.45) is 1.47. The zero-order chi connectivity index (χ0) is 13.1. The highest BCUT2D eigenvalue weighted by atomic mass is 35.5. The summed E-state index contributed by atoms with van der Waals surface area (Å²) in [7, 11) is 1.69. The number of benzene rings is 1. The summed E-state index contributed by atoms with van der Waals surface area (Å²) >= 11 is 11.9. The molecule has 2 rings (SSSR count). The van der Waals surface area contributed by atoms with Crippen LogP contribution in [-0.2, 0) is 6.54 Å². The van der Waals surface area contributed by atoms with Crippen molar-refractivity contribution in [1.82, 2.24) is 4.90 Å². The fraction of sp³-hybridized carbons (Fsp3) is 0.154. The van der Waals surface area contributed by atoms with Crippen LogP contribution in [0.15, 0.2) is 41.0 Å². The Labute approximate surface area is 115 Å². The maximum atomic E-state index is 12.0. The fourth-order valence-electron chi connectivity index (χ4n) is 1.57. The first kappa shape index (κ1) is 13.0. The number of carbonyl (C=O) groups is 1. The smallest absolute Gasteiger partial charge is 0.289 e. The zero-order valence-corrected chi connectivity index (χ0v) is 11.2. The van der Waals surface area contributed by atoms with Crippen molar-refractivity contribution in [2.24, 2.45) is 0 Å². The molecule has 3 nitrogen and oxygen atoms in total. The van der Waals surface area contributed by atoms with E-state index in [9.17, 15) is 4.79 Å². The fourth-order valence-corrected chi connectivity index (χ4v) is 2.03. The zero-order valence-electron chi connectivity index (χ0n) is 9.69. The number of furan rings is 1. The summed E-state index contributed by atoms with van der Waals surface area (Å²) in [6.45, 7) is 0.398. The van der Waals surface area contributed by atoms with Crippen molar-refractivity contribution in [3.63, 3.8) is 0 Å². The Kier molecular flexibility index (Phi) is 3.94. The van der Waals surface area contributed by atoms with Crippen LogP contribution in [0.1, 0.15) is 16.1 Å². The van der Waals surface area contributed by atoms with E-state index in [1.165, 1.54) is 11.2 Å². The standard InChI is InChI=1S/C13H11Cl2NO2/c1-16(13(17)12-3-2-6-18-12)8-9-4-5-10(14)7-11(9)15/h2-7H,8H2,1H3. The third kappa shape index (κ3) is 2.86. The summed E-state index contributed by atoms with van der Waals surface area (Å²) < 4.78 is 5.06. The molecule has 0 saturated heterocycles. The van der Waals surface area contributed by atoms with Gasteiger partial charge in [0.2, 0.25) is 0 Å². The molecule has 0 fully saturated rings. The third-order valence-electron chi connectivity index (χ3n) is 2.50. The molecule has 0 N–H and O–H groups in total. The molecular weight excluding hydrogens is 273 g/mol. The minimum Gasteiger partial charge on any atom is -0.459 e. The first-order chi connectivity index (χ1) is 8.58. The highest BCUT2D eigenvalue weighted by Gasteiger charge is 2.15. The average Bonchev–Trinajstić information content (AvgIpc) is 2.85. The second-order valence-corrected chi connectivity index (χ2v) is 4.72. The van der Waals surface area contributed by atoms with E-state index in [2.05, 4.69) is 0 Å². The van der Waals surface area contributed by atoms with Crippen molar-refractivity contribution in [3.8, 4) is 0 Å². The Morgan fingerprint density at radius 1 is 1.33 bits per heavy atom. The Hall–Kier alpha value is -1.45. The Morgan fingerprint density at radius 3 is 2.72 bits per heavy atom. The van der Waals surface area contributed by atoms with Gasteiger partial charge in [-0.1, -0.05) is 29.3 Å². The molecule has 0 unspecified atom stereocenters. The lowest BCUT2D eigenvalue weighted by molar-refractivity contribution is 0.0753. The third-order valence-corrected chi connectivity index (χ3v) is 3.09. The van der Waals surface area contributed by atoms with Gasteiger partial charge in [0.25, 0.3) is 5.91 Å². The molecule has 0 atom stereocenters. The van der Waals surface area contributed by atoms with Crippen LogP contribution >= 0.6 is 23.2 Å². The minimum atomic E-state index is -0.189. The molecule has 5 heteroatoms. The monoisotopic (exact) mass is 283 g/mol. The maximum absolute atomic E-state index is 12.0. The molecular formula is C13H11Cl2NO2. The van der Waals surface area contributed by atoms with Gasteiger partial charge in [-0.25, -0.2) is 0 Å². The van der Waals surface area contributed by atoms with Gasteiger partial charge in [0, 0.05) is 23.6 Å². The lowest BCUT2D eigenvalue weighted by Crippen LogP contribution is -2.25.